The molecule has 0 spiro atoms. The molecular weight excluding hydrogens is 341 g/mol. The van der Waals surface area contributed by atoms with E-state index in [2.05, 4.69) is 26.1 Å². The Morgan fingerprint density at radius 1 is 1.50 bits per heavy atom. The molecule has 94 valence electrons. The highest BCUT2D eigenvalue weighted by atomic mass is 79.9. The summed E-state index contributed by atoms with van der Waals surface area (Å²) in [6.07, 6.45) is 0. The molecule has 0 aliphatic rings. The highest BCUT2D eigenvalue weighted by Crippen LogP contribution is 2.34. The van der Waals surface area contributed by atoms with E-state index in [4.69, 9.17) is 34.2 Å². The molecule has 0 amide bonds. The third-order valence-corrected chi connectivity index (χ3v) is 3.66. The Hall–Kier alpha value is -0.870. The van der Waals surface area contributed by atoms with Gasteiger partial charge in [-0.2, -0.15) is 20.3 Å². The maximum Gasteiger partial charge on any atom is 0.134 e. The topological polar surface area (TPSA) is 80.5 Å². The number of hydrogen-bond donors (Lipinski definition) is 1. The van der Waals surface area contributed by atoms with Crippen LogP contribution >= 0.6 is 39.1 Å². The van der Waals surface area contributed by atoms with Crippen molar-refractivity contribution in [2.24, 2.45) is 5.73 Å². The monoisotopic (exact) mass is 347 g/mol. The van der Waals surface area contributed by atoms with Crippen molar-refractivity contribution < 1.29 is 0 Å². The predicted molar refractivity (Wildman–Crippen MR) is 73.5 cm³/mol. The van der Waals surface area contributed by atoms with Gasteiger partial charge in [0.15, 0.2) is 0 Å². The fourth-order valence-electron chi connectivity index (χ4n) is 1.41. The van der Waals surface area contributed by atoms with Crippen LogP contribution in [0.5, 0.6) is 0 Å². The molecule has 1 heterocycles. The SMILES string of the molecule is CC(N)(C#N)Cn1nc2c(Br)cc(Cl)c(Cl)c2n1. The van der Waals surface area contributed by atoms with Gasteiger partial charge in [0.25, 0.3) is 0 Å². The minimum Gasteiger partial charge on any atom is -0.312 e. The molecule has 2 N–H and O–H groups in total. The van der Waals surface area contributed by atoms with Gasteiger partial charge in [-0.3, -0.25) is 0 Å². The fraction of sp³-hybridized carbons (Fsp3) is 0.300. The number of fused-ring (bicyclic) bond motifs is 1. The normalized spacial score (nSPS) is 14.4. The van der Waals surface area contributed by atoms with E-state index in [9.17, 15) is 0 Å². The van der Waals surface area contributed by atoms with Gasteiger partial charge < -0.3 is 5.73 Å². The quantitative estimate of drug-likeness (QED) is 0.846. The van der Waals surface area contributed by atoms with E-state index < -0.39 is 5.54 Å². The van der Waals surface area contributed by atoms with Crippen LogP contribution in [-0.4, -0.2) is 20.5 Å². The van der Waals surface area contributed by atoms with Gasteiger partial charge in [0, 0.05) is 4.47 Å². The molecule has 0 saturated carbocycles. The molecule has 0 bridgehead atoms. The molecule has 1 atom stereocenters. The molecule has 1 aromatic carbocycles. The van der Waals surface area contributed by atoms with E-state index in [1.807, 2.05) is 6.07 Å². The maximum absolute atomic E-state index is 8.88. The zero-order valence-corrected chi connectivity index (χ0v) is 12.4. The maximum atomic E-state index is 8.88. The molecule has 2 aromatic rings. The van der Waals surface area contributed by atoms with E-state index in [1.54, 1.807) is 13.0 Å². The number of nitrogens with two attached hydrogens (primary N) is 1. The third kappa shape index (κ3) is 2.45. The van der Waals surface area contributed by atoms with E-state index >= 15 is 0 Å². The molecule has 0 aliphatic carbocycles. The molecule has 8 heteroatoms. The molecule has 1 aromatic heterocycles. The molecular formula is C10H8BrCl2N5. The van der Waals surface area contributed by atoms with Gasteiger partial charge in [-0.15, -0.1) is 0 Å². The molecule has 5 nitrogen and oxygen atoms in total. The molecule has 0 saturated heterocycles. The Morgan fingerprint density at radius 3 is 2.72 bits per heavy atom. The van der Waals surface area contributed by atoms with Crippen LogP contribution in [0.25, 0.3) is 11.0 Å². The summed E-state index contributed by atoms with van der Waals surface area (Å²) in [7, 11) is 0. The molecule has 0 radical (unpaired) electrons. The smallest absolute Gasteiger partial charge is 0.134 e. The van der Waals surface area contributed by atoms with Crippen molar-refractivity contribution in [2.45, 2.75) is 19.0 Å². The number of nitriles is 1. The molecule has 0 fully saturated rings. The van der Waals surface area contributed by atoms with Crippen molar-refractivity contribution in [3.63, 3.8) is 0 Å². The molecule has 2 rings (SSSR count). The fourth-order valence-corrected chi connectivity index (χ4v) is 2.42. The Labute approximate surface area is 122 Å². The summed E-state index contributed by atoms with van der Waals surface area (Å²) >= 11 is 15.3. The number of aromatic nitrogens is 3. The van der Waals surface area contributed by atoms with Crippen LogP contribution in [0.1, 0.15) is 6.92 Å². The second-order valence-corrected chi connectivity index (χ2v) is 5.75. The second-order valence-electron chi connectivity index (χ2n) is 4.11. The summed E-state index contributed by atoms with van der Waals surface area (Å²) in [5, 5.41) is 18.0. The number of halogens is 3. The van der Waals surface area contributed by atoms with Crippen molar-refractivity contribution in [1.82, 2.24) is 15.0 Å². The number of hydrogen-bond acceptors (Lipinski definition) is 4. The van der Waals surface area contributed by atoms with Crippen molar-refractivity contribution in [1.29, 1.82) is 5.26 Å². The first-order valence-electron chi connectivity index (χ1n) is 4.92. The molecule has 0 aliphatic heterocycles. The lowest BCUT2D eigenvalue weighted by atomic mass is 10.1. The van der Waals surface area contributed by atoms with E-state index in [0.29, 0.717) is 25.6 Å². The van der Waals surface area contributed by atoms with Crippen molar-refractivity contribution >= 4 is 50.2 Å². The Bertz CT molecular complexity index is 658. The van der Waals surface area contributed by atoms with E-state index in [1.165, 1.54) is 4.80 Å². The van der Waals surface area contributed by atoms with Crippen LogP contribution in [0.3, 0.4) is 0 Å². The Kier molecular flexibility index (Phi) is 3.52. The van der Waals surface area contributed by atoms with E-state index in [-0.39, 0.29) is 6.54 Å². The zero-order valence-electron chi connectivity index (χ0n) is 9.28. The second kappa shape index (κ2) is 4.67. The summed E-state index contributed by atoms with van der Waals surface area (Å²) in [6.45, 7) is 1.77. The minimum absolute atomic E-state index is 0.165. The van der Waals surface area contributed by atoms with Gasteiger partial charge in [0.2, 0.25) is 0 Å². The summed E-state index contributed by atoms with van der Waals surface area (Å²) in [6, 6.07) is 3.63. The van der Waals surface area contributed by atoms with Gasteiger partial charge in [-0.1, -0.05) is 23.2 Å². The number of nitrogens with zero attached hydrogens (tertiary/aromatic N) is 4. The predicted octanol–water partition coefficient (Wildman–Crippen LogP) is 2.74. The average Bonchev–Trinajstić information content (AvgIpc) is 2.70. The summed E-state index contributed by atoms with van der Waals surface area (Å²) in [5.41, 5.74) is 5.76. The van der Waals surface area contributed by atoms with Crippen molar-refractivity contribution in [3.8, 4) is 6.07 Å². The van der Waals surface area contributed by atoms with Crippen molar-refractivity contribution in [3.05, 3.63) is 20.6 Å². The third-order valence-electron chi connectivity index (χ3n) is 2.28. The van der Waals surface area contributed by atoms with Gasteiger partial charge in [-0.25, -0.2) is 0 Å². The highest BCUT2D eigenvalue weighted by molar-refractivity contribution is 9.10. The van der Waals surface area contributed by atoms with Crippen LogP contribution in [-0.2, 0) is 6.54 Å². The lowest BCUT2D eigenvalue weighted by molar-refractivity contribution is 0.423. The van der Waals surface area contributed by atoms with Gasteiger partial charge >= 0.3 is 0 Å². The highest BCUT2D eigenvalue weighted by Gasteiger charge is 2.21. The van der Waals surface area contributed by atoms with Crippen LogP contribution in [0.15, 0.2) is 10.5 Å². The first-order valence-corrected chi connectivity index (χ1v) is 6.47. The van der Waals surface area contributed by atoms with Gasteiger partial charge in [0.1, 0.15) is 16.6 Å². The standard InChI is InChI=1S/C10H8BrCl2N5/c1-10(15,3-14)4-18-16-8-5(11)2-6(12)7(13)9(8)17-18/h2H,4,15H2,1H3. The summed E-state index contributed by atoms with van der Waals surface area (Å²) < 4.78 is 0.689. The van der Waals surface area contributed by atoms with Gasteiger partial charge in [-0.05, 0) is 28.9 Å². The van der Waals surface area contributed by atoms with Crippen LogP contribution in [0.2, 0.25) is 10.0 Å². The largest absolute Gasteiger partial charge is 0.312 e. The van der Waals surface area contributed by atoms with Gasteiger partial charge in [0.05, 0.1) is 22.7 Å². The van der Waals surface area contributed by atoms with Crippen molar-refractivity contribution in [2.75, 3.05) is 0 Å². The lowest BCUT2D eigenvalue weighted by Crippen LogP contribution is -2.39. The van der Waals surface area contributed by atoms with Crippen LogP contribution < -0.4 is 5.73 Å². The average molecular weight is 349 g/mol. The van der Waals surface area contributed by atoms with Crippen LogP contribution in [0.4, 0.5) is 0 Å². The number of benzene rings is 1. The number of rotatable bonds is 2. The lowest BCUT2D eigenvalue weighted by Gasteiger charge is -2.13. The summed E-state index contributed by atoms with van der Waals surface area (Å²) in [5.74, 6) is 0. The first-order chi connectivity index (χ1) is 8.34. The summed E-state index contributed by atoms with van der Waals surface area (Å²) in [4.78, 5) is 1.35. The molecule has 18 heavy (non-hydrogen) atoms. The zero-order chi connectivity index (χ0) is 13.5. The van der Waals surface area contributed by atoms with E-state index in [0.717, 1.165) is 0 Å². The first kappa shape index (κ1) is 13.6. The Morgan fingerprint density at radius 2 is 2.11 bits per heavy atom. The molecule has 1 unspecified atom stereocenters. The minimum atomic E-state index is -1.04. The van der Waals surface area contributed by atoms with Crippen LogP contribution in [0, 0.1) is 11.3 Å². The Balaban J connectivity index is 2.55.